The number of nitrogens with one attached hydrogen (secondary N) is 4. The van der Waals surface area contributed by atoms with Crippen LogP contribution in [-0.4, -0.2) is 26.9 Å². The molecule has 4 N–H and O–H groups in total. The average molecular weight is 408 g/mol. The highest BCUT2D eigenvalue weighted by atomic mass is 32.1. The number of rotatable bonds is 5. The van der Waals surface area contributed by atoms with Gasteiger partial charge in [-0.15, -0.1) is 11.3 Å². The summed E-state index contributed by atoms with van der Waals surface area (Å²) in [5.74, 6) is 1.40. The lowest BCUT2D eigenvalue weighted by Crippen LogP contribution is -2.19. The first-order valence-electron chi connectivity index (χ1n) is 8.58. The third kappa shape index (κ3) is 4.68. The molecule has 0 aliphatic rings. The molecule has 0 saturated carbocycles. The SMILES string of the molecule is CC(=O)Nc1nc2ccc(Oc3ccc(NC(=O)Nc4nccs4)cc3)cc2[nH]1. The van der Waals surface area contributed by atoms with E-state index in [0.29, 0.717) is 33.8 Å². The van der Waals surface area contributed by atoms with E-state index in [2.05, 4.69) is 30.9 Å². The number of carbonyl (C=O) groups excluding carboxylic acids is 2. The summed E-state index contributed by atoms with van der Waals surface area (Å²) in [5.41, 5.74) is 2.07. The van der Waals surface area contributed by atoms with Gasteiger partial charge in [0.1, 0.15) is 11.5 Å². The molecule has 29 heavy (non-hydrogen) atoms. The number of nitrogens with zero attached hydrogens (tertiary/aromatic N) is 2. The van der Waals surface area contributed by atoms with Gasteiger partial charge < -0.3 is 15.0 Å². The molecular weight excluding hydrogens is 392 g/mol. The lowest BCUT2D eigenvalue weighted by Gasteiger charge is -2.08. The van der Waals surface area contributed by atoms with Gasteiger partial charge in [0.05, 0.1) is 11.0 Å². The number of benzene rings is 2. The molecule has 0 spiro atoms. The van der Waals surface area contributed by atoms with Crippen LogP contribution in [0.2, 0.25) is 0 Å². The predicted octanol–water partition coefficient (Wildman–Crippen LogP) is 4.41. The highest BCUT2D eigenvalue weighted by Crippen LogP contribution is 2.26. The summed E-state index contributed by atoms with van der Waals surface area (Å²) in [6.07, 6.45) is 1.62. The fourth-order valence-electron chi connectivity index (χ4n) is 2.57. The highest BCUT2D eigenvalue weighted by molar-refractivity contribution is 7.13. The molecule has 0 aliphatic carbocycles. The lowest BCUT2D eigenvalue weighted by atomic mass is 10.3. The molecule has 4 rings (SSSR count). The minimum Gasteiger partial charge on any atom is -0.457 e. The third-order valence-corrected chi connectivity index (χ3v) is 4.44. The van der Waals surface area contributed by atoms with Gasteiger partial charge in [-0.1, -0.05) is 0 Å². The molecular formula is C19H16N6O3S. The van der Waals surface area contributed by atoms with E-state index in [1.54, 1.807) is 54.0 Å². The summed E-state index contributed by atoms with van der Waals surface area (Å²) < 4.78 is 5.85. The Morgan fingerprint density at radius 1 is 1.03 bits per heavy atom. The maximum Gasteiger partial charge on any atom is 0.325 e. The van der Waals surface area contributed by atoms with Crippen molar-refractivity contribution in [1.82, 2.24) is 15.0 Å². The van der Waals surface area contributed by atoms with Gasteiger partial charge in [0.25, 0.3) is 0 Å². The summed E-state index contributed by atoms with van der Waals surface area (Å²) in [4.78, 5) is 34.4. The van der Waals surface area contributed by atoms with Crippen LogP contribution in [0.25, 0.3) is 11.0 Å². The summed E-state index contributed by atoms with van der Waals surface area (Å²) >= 11 is 1.34. The number of aromatic amines is 1. The predicted molar refractivity (Wildman–Crippen MR) is 112 cm³/mol. The fraction of sp³-hybridized carbons (Fsp3) is 0.0526. The quantitative estimate of drug-likeness (QED) is 0.390. The number of thiazole rings is 1. The van der Waals surface area contributed by atoms with Crippen molar-refractivity contribution < 1.29 is 14.3 Å². The first-order chi connectivity index (χ1) is 14.0. The van der Waals surface area contributed by atoms with Gasteiger partial charge in [-0.05, 0) is 36.4 Å². The third-order valence-electron chi connectivity index (χ3n) is 3.75. The van der Waals surface area contributed by atoms with Crippen molar-refractivity contribution in [1.29, 1.82) is 0 Å². The Bertz CT molecular complexity index is 1150. The number of carbonyl (C=O) groups is 2. The number of imidazole rings is 1. The molecule has 0 atom stereocenters. The van der Waals surface area contributed by atoms with Crippen molar-refractivity contribution in [2.75, 3.05) is 16.0 Å². The fourth-order valence-corrected chi connectivity index (χ4v) is 3.09. The van der Waals surface area contributed by atoms with Crippen LogP contribution in [0.15, 0.2) is 54.0 Å². The van der Waals surface area contributed by atoms with Crippen molar-refractivity contribution in [3.8, 4) is 11.5 Å². The van der Waals surface area contributed by atoms with E-state index in [0.717, 1.165) is 5.52 Å². The number of H-pyrrole nitrogens is 1. The van der Waals surface area contributed by atoms with Crippen molar-refractivity contribution in [3.63, 3.8) is 0 Å². The molecule has 0 radical (unpaired) electrons. The van der Waals surface area contributed by atoms with Gasteiger partial charge in [-0.3, -0.25) is 15.4 Å². The Morgan fingerprint density at radius 2 is 1.83 bits per heavy atom. The van der Waals surface area contributed by atoms with Gasteiger partial charge >= 0.3 is 6.03 Å². The van der Waals surface area contributed by atoms with Crippen molar-refractivity contribution in [3.05, 3.63) is 54.0 Å². The lowest BCUT2D eigenvalue weighted by molar-refractivity contribution is -0.114. The summed E-state index contributed by atoms with van der Waals surface area (Å²) in [6.45, 7) is 1.42. The Morgan fingerprint density at radius 3 is 2.55 bits per heavy atom. The molecule has 0 unspecified atom stereocenters. The summed E-state index contributed by atoms with van der Waals surface area (Å²) in [6, 6.07) is 12.0. The number of ether oxygens (including phenoxy) is 1. The molecule has 0 fully saturated rings. The van der Waals surface area contributed by atoms with E-state index in [1.165, 1.54) is 18.3 Å². The molecule has 0 bridgehead atoms. The van der Waals surface area contributed by atoms with Crippen LogP contribution in [0.3, 0.4) is 0 Å². The van der Waals surface area contributed by atoms with E-state index >= 15 is 0 Å². The van der Waals surface area contributed by atoms with E-state index in [4.69, 9.17) is 4.74 Å². The number of fused-ring (bicyclic) bond motifs is 1. The number of hydrogen-bond donors (Lipinski definition) is 4. The van der Waals surface area contributed by atoms with Crippen LogP contribution in [-0.2, 0) is 4.79 Å². The minimum absolute atomic E-state index is 0.199. The maximum absolute atomic E-state index is 11.9. The van der Waals surface area contributed by atoms with E-state index in [1.807, 2.05) is 0 Å². The Labute approximate surface area is 169 Å². The standard InChI is InChI=1S/C19H16N6O3S/c1-11(26)21-17-23-15-7-6-14(10-16(15)24-17)28-13-4-2-12(3-5-13)22-18(27)25-19-20-8-9-29-19/h2-10H,1H3,(H2,20,22,25,27)(H2,21,23,24,26). The molecule has 3 amide bonds. The molecule has 0 saturated heterocycles. The Kier molecular flexibility index (Phi) is 5.08. The van der Waals surface area contributed by atoms with Crippen LogP contribution < -0.4 is 20.7 Å². The number of amides is 3. The van der Waals surface area contributed by atoms with Crippen LogP contribution >= 0.6 is 11.3 Å². The highest BCUT2D eigenvalue weighted by Gasteiger charge is 2.07. The summed E-state index contributed by atoms with van der Waals surface area (Å²) in [7, 11) is 0. The topological polar surface area (TPSA) is 121 Å². The number of aromatic nitrogens is 3. The zero-order valence-corrected chi connectivity index (χ0v) is 16.0. The Hall–Kier alpha value is -3.92. The Balaban J connectivity index is 1.40. The van der Waals surface area contributed by atoms with Crippen LogP contribution in [0.1, 0.15) is 6.92 Å². The normalized spacial score (nSPS) is 10.5. The average Bonchev–Trinajstić information content (AvgIpc) is 3.31. The van der Waals surface area contributed by atoms with E-state index in [-0.39, 0.29) is 11.9 Å². The smallest absolute Gasteiger partial charge is 0.325 e. The zero-order valence-electron chi connectivity index (χ0n) is 15.2. The van der Waals surface area contributed by atoms with Gasteiger partial charge in [0, 0.05) is 30.3 Å². The molecule has 9 nitrogen and oxygen atoms in total. The molecule has 146 valence electrons. The van der Waals surface area contributed by atoms with Crippen molar-refractivity contribution >= 4 is 51.1 Å². The van der Waals surface area contributed by atoms with Crippen LogP contribution in [0.4, 0.5) is 21.6 Å². The second-order valence-electron chi connectivity index (χ2n) is 5.99. The maximum atomic E-state index is 11.9. The molecule has 10 heteroatoms. The molecule has 2 aromatic heterocycles. The summed E-state index contributed by atoms with van der Waals surface area (Å²) in [5, 5.41) is 10.3. The minimum atomic E-state index is -0.367. The molecule has 4 aromatic rings. The van der Waals surface area contributed by atoms with Gasteiger partial charge in [-0.25, -0.2) is 14.8 Å². The second-order valence-corrected chi connectivity index (χ2v) is 6.88. The van der Waals surface area contributed by atoms with Crippen molar-refractivity contribution in [2.45, 2.75) is 6.92 Å². The number of urea groups is 1. The molecule has 0 aliphatic heterocycles. The first-order valence-corrected chi connectivity index (χ1v) is 9.46. The molecule has 2 aromatic carbocycles. The molecule has 2 heterocycles. The van der Waals surface area contributed by atoms with Crippen LogP contribution in [0, 0.1) is 0 Å². The largest absolute Gasteiger partial charge is 0.457 e. The van der Waals surface area contributed by atoms with E-state index < -0.39 is 0 Å². The first kappa shape index (κ1) is 18.4. The van der Waals surface area contributed by atoms with Gasteiger partial charge in [0.2, 0.25) is 11.9 Å². The number of hydrogen-bond acceptors (Lipinski definition) is 6. The van der Waals surface area contributed by atoms with E-state index in [9.17, 15) is 9.59 Å². The van der Waals surface area contributed by atoms with Crippen molar-refractivity contribution in [2.24, 2.45) is 0 Å². The number of anilines is 3. The second kappa shape index (κ2) is 7.98. The van der Waals surface area contributed by atoms with Gasteiger partial charge in [-0.2, -0.15) is 0 Å². The monoisotopic (exact) mass is 408 g/mol. The zero-order chi connectivity index (χ0) is 20.2. The van der Waals surface area contributed by atoms with Gasteiger partial charge in [0.15, 0.2) is 5.13 Å². The van der Waals surface area contributed by atoms with Crippen LogP contribution in [0.5, 0.6) is 11.5 Å².